The molecule has 0 aliphatic rings. The van der Waals surface area contributed by atoms with E-state index in [4.69, 9.17) is 0 Å². The third-order valence-electron chi connectivity index (χ3n) is 3.36. The number of tetrazole rings is 1. The number of carboxylic acids is 1. The Bertz CT molecular complexity index is 704. The zero-order chi connectivity index (χ0) is 15.8. The lowest BCUT2D eigenvalue weighted by Crippen LogP contribution is -2.39. The van der Waals surface area contributed by atoms with Crippen LogP contribution in [0.3, 0.4) is 0 Å². The van der Waals surface area contributed by atoms with E-state index in [9.17, 15) is 23.1 Å². The number of hydrogen-bond acceptors (Lipinski definition) is 4. The van der Waals surface area contributed by atoms with Crippen molar-refractivity contribution < 1.29 is 23.1 Å². The van der Waals surface area contributed by atoms with Crippen LogP contribution in [0.1, 0.15) is 20.3 Å². The van der Waals surface area contributed by atoms with Crippen molar-refractivity contribution in [2.75, 3.05) is 0 Å². The first-order chi connectivity index (χ1) is 9.82. The fraction of sp³-hybridized carbons (Fsp3) is 0.333. The van der Waals surface area contributed by atoms with E-state index in [1.807, 2.05) is 0 Å². The van der Waals surface area contributed by atoms with Crippen molar-refractivity contribution in [3.63, 3.8) is 0 Å². The molecular weight excluding hydrogens is 289 g/mol. The monoisotopic (exact) mass is 300 g/mol. The molecule has 0 fully saturated rings. The van der Waals surface area contributed by atoms with Crippen LogP contribution in [0.15, 0.2) is 12.1 Å². The van der Waals surface area contributed by atoms with E-state index in [1.165, 1.54) is 6.92 Å². The average molecular weight is 300 g/mol. The third kappa shape index (κ3) is 2.24. The molecule has 2 aromatic rings. The molecule has 1 aromatic heterocycles. The summed E-state index contributed by atoms with van der Waals surface area (Å²) < 4.78 is 41.0. The smallest absolute Gasteiger partial charge is 0.331 e. The fourth-order valence-electron chi connectivity index (χ4n) is 1.78. The van der Waals surface area contributed by atoms with Crippen LogP contribution in [0.25, 0.3) is 11.4 Å². The summed E-state index contributed by atoms with van der Waals surface area (Å²) in [6, 6.07) is 1.67. The molecule has 1 aromatic carbocycles. The first kappa shape index (κ1) is 14.9. The number of nitrogens with zero attached hydrogens (tertiary/aromatic N) is 4. The second-order valence-electron chi connectivity index (χ2n) is 4.57. The van der Waals surface area contributed by atoms with E-state index in [2.05, 4.69) is 15.5 Å². The zero-order valence-corrected chi connectivity index (χ0v) is 11.1. The van der Waals surface area contributed by atoms with Gasteiger partial charge in [-0.15, -0.1) is 5.10 Å². The van der Waals surface area contributed by atoms with Crippen LogP contribution in [-0.2, 0) is 10.3 Å². The van der Waals surface area contributed by atoms with Gasteiger partial charge in [0.25, 0.3) is 0 Å². The molecule has 1 unspecified atom stereocenters. The zero-order valence-electron chi connectivity index (χ0n) is 11.1. The summed E-state index contributed by atoms with van der Waals surface area (Å²) in [6.07, 6.45) is 0.103. The average Bonchev–Trinajstić information content (AvgIpc) is 2.93. The van der Waals surface area contributed by atoms with Crippen LogP contribution in [0.2, 0.25) is 0 Å². The van der Waals surface area contributed by atoms with Gasteiger partial charge in [-0.05, 0) is 35.9 Å². The van der Waals surface area contributed by atoms with Gasteiger partial charge in [-0.1, -0.05) is 6.92 Å². The van der Waals surface area contributed by atoms with E-state index in [0.717, 1.165) is 16.8 Å². The Hall–Kier alpha value is -2.45. The molecule has 6 nitrogen and oxygen atoms in total. The van der Waals surface area contributed by atoms with Gasteiger partial charge >= 0.3 is 5.97 Å². The van der Waals surface area contributed by atoms with E-state index in [1.54, 1.807) is 6.92 Å². The Morgan fingerprint density at radius 2 is 2.00 bits per heavy atom. The number of halogens is 3. The molecule has 0 aliphatic heterocycles. The van der Waals surface area contributed by atoms with Crippen molar-refractivity contribution in [3.8, 4) is 11.4 Å². The first-order valence-electron chi connectivity index (χ1n) is 5.99. The molecule has 112 valence electrons. The Morgan fingerprint density at radius 1 is 1.33 bits per heavy atom. The number of benzene rings is 1. The summed E-state index contributed by atoms with van der Waals surface area (Å²) in [4.78, 5) is 11.4. The van der Waals surface area contributed by atoms with Crippen LogP contribution in [0, 0.1) is 17.5 Å². The van der Waals surface area contributed by atoms with Gasteiger partial charge in [-0.3, -0.25) is 0 Å². The quantitative estimate of drug-likeness (QED) is 0.873. The highest BCUT2D eigenvalue weighted by molar-refractivity contribution is 5.77. The van der Waals surface area contributed by atoms with Crippen LogP contribution in [0.5, 0.6) is 0 Å². The van der Waals surface area contributed by atoms with Crippen molar-refractivity contribution in [1.29, 1.82) is 0 Å². The first-order valence-corrected chi connectivity index (χ1v) is 5.99. The number of aliphatic carboxylic acids is 1. The van der Waals surface area contributed by atoms with Gasteiger partial charge in [0.2, 0.25) is 0 Å². The van der Waals surface area contributed by atoms with Gasteiger partial charge in [-0.25, -0.2) is 22.6 Å². The topological polar surface area (TPSA) is 80.9 Å². The van der Waals surface area contributed by atoms with Crippen LogP contribution in [0.4, 0.5) is 13.2 Å². The molecule has 1 atom stereocenters. The van der Waals surface area contributed by atoms with E-state index >= 15 is 0 Å². The SMILES string of the molecule is CCC(C)(C(=O)O)n1nnnc1-c1ccc(F)c(F)c1F. The van der Waals surface area contributed by atoms with Crippen molar-refractivity contribution >= 4 is 5.97 Å². The van der Waals surface area contributed by atoms with Crippen LogP contribution < -0.4 is 0 Å². The summed E-state index contributed by atoms with van der Waals surface area (Å²) in [5, 5.41) is 19.7. The minimum atomic E-state index is -1.67. The molecule has 0 radical (unpaired) electrons. The molecule has 1 N–H and O–H groups in total. The van der Waals surface area contributed by atoms with Crippen LogP contribution in [-0.4, -0.2) is 31.3 Å². The van der Waals surface area contributed by atoms with Gasteiger partial charge in [0.05, 0.1) is 5.56 Å². The maximum atomic E-state index is 13.8. The minimum Gasteiger partial charge on any atom is -0.479 e. The standard InChI is InChI=1S/C12H11F3N4O2/c1-3-12(2,11(20)21)19-10(16-17-18-19)6-4-5-7(13)9(15)8(6)14/h4-5H,3H2,1-2H3,(H,20,21). The molecule has 9 heteroatoms. The van der Waals surface area contributed by atoms with Gasteiger partial charge in [0, 0.05) is 0 Å². The summed E-state index contributed by atoms with van der Waals surface area (Å²) in [5.74, 6) is -6.03. The van der Waals surface area contributed by atoms with E-state index in [-0.39, 0.29) is 12.2 Å². The molecule has 0 bridgehead atoms. The number of rotatable bonds is 4. The van der Waals surface area contributed by atoms with Gasteiger partial charge < -0.3 is 5.11 Å². The highest BCUT2D eigenvalue weighted by Gasteiger charge is 2.38. The highest BCUT2D eigenvalue weighted by atomic mass is 19.2. The van der Waals surface area contributed by atoms with Crippen molar-refractivity contribution in [2.45, 2.75) is 25.8 Å². The van der Waals surface area contributed by atoms with E-state index in [0.29, 0.717) is 0 Å². The maximum absolute atomic E-state index is 13.8. The number of hydrogen-bond donors (Lipinski definition) is 1. The second kappa shape index (κ2) is 5.15. The largest absolute Gasteiger partial charge is 0.479 e. The van der Waals surface area contributed by atoms with Crippen molar-refractivity contribution in [1.82, 2.24) is 20.2 Å². The number of carbonyl (C=O) groups is 1. The van der Waals surface area contributed by atoms with Crippen LogP contribution >= 0.6 is 0 Å². The molecule has 0 aliphatic carbocycles. The predicted octanol–water partition coefficient (Wildman–Crippen LogP) is 1.97. The van der Waals surface area contributed by atoms with Crippen molar-refractivity contribution in [3.05, 3.63) is 29.6 Å². The van der Waals surface area contributed by atoms with Gasteiger partial charge in [0.15, 0.2) is 28.8 Å². The second-order valence-corrected chi connectivity index (χ2v) is 4.57. The fourth-order valence-corrected chi connectivity index (χ4v) is 1.78. The summed E-state index contributed by atoms with van der Waals surface area (Å²) in [6.45, 7) is 2.92. The molecule has 0 saturated carbocycles. The molecule has 0 amide bonds. The summed E-state index contributed by atoms with van der Waals surface area (Å²) in [7, 11) is 0. The lowest BCUT2D eigenvalue weighted by atomic mass is 9.99. The Morgan fingerprint density at radius 3 is 2.57 bits per heavy atom. The molecule has 21 heavy (non-hydrogen) atoms. The molecule has 0 saturated heterocycles. The summed E-state index contributed by atoms with van der Waals surface area (Å²) >= 11 is 0. The molecular formula is C12H11F3N4O2. The third-order valence-corrected chi connectivity index (χ3v) is 3.36. The Labute approximate surface area is 117 Å². The lowest BCUT2D eigenvalue weighted by Gasteiger charge is -2.24. The Kier molecular flexibility index (Phi) is 3.67. The number of aromatic nitrogens is 4. The normalized spacial score (nSPS) is 14.0. The highest BCUT2D eigenvalue weighted by Crippen LogP contribution is 2.29. The molecule has 1 heterocycles. The molecule has 2 rings (SSSR count). The minimum absolute atomic E-state index is 0.103. The summed E-state index contributed by atoms with van der Waals surface area (Å²) in [5.41, 5.74) is -1.96. The van der Waals surface area contributed by atoms with Crippen molar-refractivity contribution in [2.24, 2.45) is 0 Å². The number of carboxylic acid groups (broad SMARTS) is 1. The van der Waals surface area contributed by atoms with E-state index < -0.39 is 34.5 Å². The van der Waals surface area contributed by atoms with Gasteiger partial charge in [0.1, 0.15) is 0 Å². The van der Waals surface area contributed by atoms with Gasteiger partial charge in [-0.2, -0.15) is 0 Å². The lowest BCUT2D eigenvalue weighted by molar-refractivity contribution is -0.147. The molecule has 0 spiro atoms. The maximum Gasteiger partial charge on any atom is 0.331 e. The predicted molar refractivity (Wildman–Crippen MR) is 64.7 cm³/mol. The Balaban J connectivity index is 2.67.